The molecule has 2 saturated carbocycles. The molecule has 0 radical (unpaired) electrons. The highest BCUT2D eigenvalue weighted by molar-refractivity contribution is 7.85. The zero-order chi connectivity index (χ0) is 18.2. The monoisotopic (exact) mass is 364 g/mol. The van der Waals surface area contributed by atoms with Crippen LogP contribution in [0.3, 0.4) is 0 Å². The van der Waals surface area contributed by atoms with Gasteiger partial charge in [0.05, 0.1) is 16.4 Å². The maximum Gasteiger partial charge on any atom is 0.338 e. The third-order valence-corrected chi connectivity index (χ3v) is 5.99. The number of hydrogen-bond acceptors (Lipinski definition) is 5. The summed E-state index contributed by atoms with van der Waals surface area (Å²) in [5.74, 6) is -0.583. The van der Waals surface area contributed by atoms with E-state index in [1.54, 1.807) is 6.08 Å². The van der Waals surface area contributed by atoms with E-state index in [1.165, 1.54) is 18.2 Å². The van der Waals surface area contributed by atoms with E-state index in [-0.39, 0.29) is 28.1 Å². The van der Waals surface area contributed by atoms with Crippen LogP contribution in [-0.2, 0) is 19.6 Å². The van der Waals surface area contributed by atoms with Gasteiger partial charge in [-0.1, -0.05) is 12.1 Å². The molecule has 0 heterocycles. The van der Waals surface area contributed by atoms with Gasteiger partial charge in [-0.3, -0.25) is 9.35 Å². The van der Waals surface area contributed by atoms with Crippen molar-refractivity contribution in [2.24, 2.45) is 17.8 Å². The lowest BCUT2D eigenvalue weighted by molar-refractivity contribution is -0.135. The number of carbonyl (C=O) groups is 2. The minimum Gasteiger partial charge on any atom is -0.457 e. The normalized spacial score (nSPS) is 29.1. The number of carbonyl (C=O) groups excluding carboxylic acids is 2. The molecule has 134 valence electrons. The molecule has 2 aliphatic rings. The van der Waals surface area contributed by atoms with Crippen molar-refractivity contribution in [2.75, 3.05) is 0 Å². The SMILES string of the molecule is C=CC1CC2CCC(=O)C(C2)C1OC(=O)c1cccc(S(=O)(=O)O)c1. The summed E-state index contributed by atoms with van der Waals surface area (Å²) in [5.41, 5.74) is 0.0170. The zero-order valence-corrected chi connectivity index (χ0v) is 14.4. The van der Waals surface area contributed by atoms with Gasteiger partial charge in [0.25, 0.3) is 10.1 Å². The highest BCUT2D eigenvalue weighted by Gasteiger charge is 2.45. The number of benzene rings is 1. The van der Waals surface area contributed by atoms with E-state index >= 15 is 0 Å². The van der Waals surface area contributed by atoms with Gasteiger partial charge in [0.15, 0.2) is 0 Å². The fraction of sp³-hybridized carbons (Fsp3) is 0.444. The molecule has 0 saturated heterocycles. The molecule has 0 aromatic heterocycles. The quantitative estimate of drug-likeness (QED) is 0.501. The Morgan fingerprint density at radius 3 is 2.76 bits per heavy atom. The van der Waals surface area contributed by atoms with Gasteiger partial charge in [-0.15, -0.1) is 6.58 Å². The van der Waals surface area contributed by atoms with Crippen LogP contribution < -0.4 is 0 Å². The molecule has 2 aliphatic carbocycles. The minimum absolute atomic E-state index is 0.0170. The summed E-state index contributed by atoms with van der Waals surface area (Å²) in [6, 6.07) is 5.02. The van der Waals surface area contributed by atoms with Crippen molar-refractivity contribution in [3.63, 3.8) is 0 Å². The number of hydrogen-bond donors (Lipinski definition) is 1. The van der Waals surface area contributed by atoms with Crippen molar-refractivity contribution in [1.82, 2.24) is 0 Å². The largest absolute Gasteiger partial charge is 0.457 e. The molecule has 3 rings (SSSR count). The van der Waals surface area contributed by atoms with E-state index in [1.807, 2.05) is 0 Å². The maximum absolute atomic E-state index is 12.5. The summed E-state index contributed by atoms with van der Waals surface area (Å²) < 4.78 is 37.2. The Balaban J connectivity index is 1.83. The van der Waals surface area contributed by atoms with E-state index < -0.39 is 22.2 Å². The van der Waals surface area contributed by atoms with E-state index in [4.69, 9.17) is 9.29 Å². The number of ketones is 1. The lowest BCUT2D eigenvalue weighted by Gasteiger charge is -2.42. The molecule has 2 bridgehead atoms. The Kier molecular flexibility index (Phi) is 4.79. The van der Waals surface area contributed by atoms with Crippen molar-refractivity contribution in [3.05, 3.63) is 42.5 Å². The summed E-state index contributed by atoms with van der Waals surface area (Å²) in [4.78, 5) is 24.3. The fourth-order valence-electron chi connectivity index (χ4n) is 3.86. The van der Waals surface area contributed by atoms with Crippen molar-refractivity contribution in [1.29, 1.82) is 0 Å². The van der Waals surface area contributed by atoms with Crippen molar-refractivity contribution in [3.8, 4) is 0 Å². The summed E-state index contributed by atoms with van der Waals surface area (Å²) in [6.45, 7) is 3.80. The van der Waals surface area contributed by atoms with Crippen LogP contribution in [0.15, 0.2) is 41.8 Å². The Hall–Kier alpha value is -1.99. The van der Waals surface area contributed by atoms with Gasteiger partial charge in [0, 0.05) is 12.3 Å². The van der Waals surface area contributed by atoms with Crippen LogP contribution in [0.4, 0.5) is 0 Å². The first-order chi connectivity index (χ1) is 11.8. The lowest BCUT2D eigenvalue weighted by Crippen LogP contribution is -2.46. The Labute approximate surface area is 146 Å². The molecular weight excluding hydrogens is 344 g/mol. The van der Waals surface area contributed by atoms with Crippen LogP contribution >= 0.6 is 0 Å². The molecule has 0 aliphatic heterocycles. The Morgan fingerprint density at radius 1 is 1.32 bits per heavy atom. The fourth-order valence-corrected chi connectivity index (χ4v) is 4.39. The first-order valence-electron chi connectivity index (χ1n) is 8.23. The van der Waals surface area contributed by atoms with Crippen molar-refractivity contribution in [2.45, 2.75) is 36.7 Å². The van der Waals surface area contributed by atoms with Crippen LogP contribution in [-0.4, -0.2) is 30.8 Å². The lowest BCUT2D eigenvalue weighted by atomic mass is 9.66. The molecule has 1 N–H and O–H groups in total. The van der Waals surface area contributed by atoms with E-state index in [2.05, 4.69) is 6.58 Å². The number of Topliss-reactive ketones (excluding diaryl/α,β-unsaturated/α-hetero) is 1. The van der Waals surface area contributed by atoms with Gasteiger partial charge >= 0.3 is 5.97 Å². The smallest absolute Gasteiger partial charge is 0.338 e. The average molecular weight is 364 g/mol. The summed E-state index contributed by atoms with van der Waals surface area (Å²) in [7, 11) is -4.41. The number of rotatable bonds is 4. The summed E-state index contributed by atoms with van der Waals surface area (Å²) in [6.07, 6.45) is 4.07. The second-order valence-electron chi connectivity index (χ2n) is 6.72. The van der Waals surface area contributed by atoms with E-state index in [0.29, 0.717) is 18.8 Å². The summed E-state index contributed by atoms with van der Waals surface area (Å²) in [5, 5.41) is 0. The van der Waals surface area contributed by atoms with Crippen molar-refractivity contribution < 1.29 is 27.3 Å². The van der Waals surface area contributed by atoms with Crippen LogP contribution in [0, 0.1) is 17.8 Å². The van der Waals surface area contributed by atoms with Crippen LogP contribution in [0.25, 0.3) is 0 Å². The number of fused-ring (bicyclic) bond motifs is 2. The second-order valence-corrected chi connectivity index (χ2v) is 8.14. The third-order valence-electron chi connectivity index (χ3n) is 5.14. The van der Waals surface area contributed by atoms with Crippen LogP contribution in [0.1, 0.15) is 36.0 Å². The predicted molar refractivity (Wildman–Crippen MR) is 89.6 cm³/mol. The maximum atomic E-state index is 12.5. The molecule has 1 aromatic carbocycles. The average Bonchev–Trinajstić information content (AvgIpc) is 2.59. The molecule has 4 unspecified atom stereocenters. The van der Waals surface area contributed by atoms with Crippen molar-refractivity contribution >= 4 is 21.9 Å². The minimum atomic E-state index is -4.41. The molecule has 2 fully saturated rings. The Bertz CT molecular complexity index is 811. The van der Waals surface area contributed by atoms with Gasteiger partial charge < -0.3 is 4.74 Å². The molecular formula is C18H20O6S. The topological polar surface area (TPSA) is 97.7 Å². The van der Waals surface area contributed by atoms with Crippen LogP contribution in [0.2, 0.25) is 0 Å². The van der Waals surface area contributed by atoms with E-state index in [0.717, 1.165) is 18.9 Å². The zero-order valence-electron chi connectivity index (χ0n) is 13.6. The highest BCUT2D eigenvalue weighted by atomic mass is 32.2. The van der Waals surface area contributed by atoms with Crippen LogP contribution in [0.5, 0.6) is 0 Å². The van der Waals surface area contributed by atoms with E-state index in [9.17, 15) is 18.0 Å². The number of esters is 1. The summed E-state index contributed by atoms with van der Waals surface area (Å²) >= 11 is 0. The first kappa shape index (κ1) is 17.8. The second kappa shape index (κ2) is 6.72. The molecule has 0 spiro atoms. The van der Waals surface area contributed by atoms with Gasteiger partial charge in [0.1, 0.15) is 11.9 Å². The molecule has 7 heteroatoms. The molecule has 6 nitrogen and oxygen atoms in total. The van der Waals surface area contributed by atoms with Gasteiger partial charge in [-0.25, -0.2) is 4.79 Å². The number of ether oxygens (including phenoxy) is 1. The van der Waals surface area contributed by atoms with Gasteiger partial charge in [-0.05, 0) is 43.4 Å². The Morgan fingerprint density at radius 2 is 2.08 bits per heavy atom. The predicted octanol–water partition coefficient (Wildman–Crippen LogP) is 2.65. The van der Waals surface area contributed by atoms with Gasteiger partial charge in [-0.2, -0.15) is 8.42 Å². The molecule has 1 aromatic rings. The highest BCUT2D eigenvalue weighted by Crippen LogP contribution is 2.43. The molecule has 0 amide bonds. The third kappa shape index (κ3) is 3.67. The van der Waals surface area contributed by atoms with Gasteiger partial charge in [0.2, 0.25) is 0 Å². The molecule has 25 heavy (non-hydrogen) atoms. The molecule has 4 atom stereocenters. The standard InChI is InChI=1S/C18H20O6S/c1-2-12-8-11-6-7-16(19)15(9-11)17(12)24-18(20)13-4-3-5-14(10-13)25(21,22)23/h2-5,10-12,15,17H,1,6-9H2,(H,21,22,23). The first-order valence-corrected chi connectivity index (χ1v) is 9.67.